The molecule has 0 aliphatic carbocycles. The van der Waals surface area contributed by atoms with Gasteiger partial charge in [0.2, 0.25) is 0 Å². The van der Waals surface area contributed by atoms with Crippen LogP contribution in [0.15, 0.2) is 53.6 Å². The molecule has 2 heterocycles. The molecule has 2 aromatic heterocycles. The minimum absolute atomic E-state index is 0.202. The second-order valence-corrected chi connectivity index (χ2v) is 8.36. The van der Waals surface area contributed by atoms with Crippen molar-refractivity contribution in [2.24, 2.45) is 5.11 Å². The van der Waals surface area contributed by atoms with Crippen LogP contribution < -0.4 is 9.47 Å². The van der Waals surface area contributed by atoms with Crippen molar-refractivity contribution in [1.29, 1.82) is 0 Å². The fraction of sp³-hybridized carbons (Fsp3) is 0.200. The van der Waals surface area contributed by atoms with E-state index in [1.165, 1.54) is 0 Å². The van der Waals surface area contributed by atoms with Crippen LogP contribution in [0, 0.1) is 6.92 Å². The number of thiophene rings is 1. The van der Waals surface area contributed by atoms with Crippen molar-refractivity contribution in [3.05, 3.63) is 69.4 Å². The number of carbonyl (C=O) groups excluding carboxylic acids is 1. The number of pyridine rings is 1. The molecule has 2 aromatic carbocycles. The van der Waals surface area contributed by atoms with E-state index in [2.05, 4.69) is 10.0 Å². The van der Waals surface area contributed by atoms with E-state index in [9.17, 15) is 10.3 Å². The lowest BCUT2D eigenvalue weighted by Gasteiger charge is -2.12. The van der Waals surface area contributed by atoms with E-state index in [-0.39, 0.29) is 17.2 Å². The van der Waals surface area contributed by atoms with Gasteiger partial charge in [-0.1, -0.05) is 41.0 Å². The molecule has 0 aliphatic rings. The van der Waals surface area contributed by atoms with Crippen LogP contribution >= 0.6 is 11.3 Å². The Kier molecular flexibility index (Phi) is 6.67. The quantitative estimate of drug-likeness (QED) is 0.123. The van der Waals surface area contributed by atoms with E-state index in [1.54, 1.807) is 27.2 Å². The molecular weight excluding hydrogens is 452 g/mol. The largest absolute Gasteiger partial charge is 0.493 e. The lowest BCUT2D eigenvalue weighted by atomic mass is 9.98. The zero-order valence-electron chi connectivity index (χ0n) is 19.2. The highest BCUT2D eigenvalue weighted by molar-refractivity contribution is 7.21. The minimum Gasteiger partial charge on any atom is -0.493 e. The first-order valence-electron chi connectivity index (χ1n) is 10.5. The Morgan fingerprint density at radius 2 is 1.76 bits per heavy atom. The number of azide groups is 1. The molecule has 4 rings (SSSR count). The molecule has 0 atom stereocenters. The van der Waals surface area contributed by atoms with Crippen LogP contribution in [0.25, 0.3) is 43.0 Å². The van der Waals surface area contributed by atoms with Crippen LogP contribution in [-0.4, -0.2) is 31.8 Å². The molecule has 172 valence electrons. The summed E-state index contributed by atoms with van der Waals surface area (Å²) < 4.78 is 16.1. The number of aromatic nitrogens is 1. The van der Waals surface area contributed by atoms with E-state index in [1.807, 2.05) is 49.4 Å². The van der Waals surface area contributed by atoms with Crippen molar-refractivity contribution in [1.82, 2.24) is 4.98 Å². The Balaban J connectivity index is 2.07. The average Bonchev–Trinajstić information content (AvgIpc) is 3.22. The Morgan fingerprint density at radius 3 is 2.41 bits per heavy atom. The van der Waals surface area contributed by atoms with Gasteiger partial charge >= 0.3 is 5.97 Å². The second kappa shape index (κ2) is 9.82. The smallest absolute Gasteiger partial charge is 0.348 e. The predicted octanol–water partition coefficient (Wildman–Crippen LogP) is 7.07. The van der Waals surface area contributed by atoms with E-state index in [4.69, 9.17) is 19.2 Å². The summed E-state index contributed by atoms with van der Waals surface area (Å²) in [4.78, 5) is 21.2. The highest BCUT2D eigenvalue weighted by atomic mass is 32.1. The average molecular weight is 475 g/mol. The molecule has 0 radical (unpaired) electrons. The molecule has 4 aromatic rings. The number of hydrogen-bond donors (Lipinski definition) is 0. The standard InChI is InChI=1S/C25H22N4O4S/c1-5-33-25(30)23-22(28-29-26)21-17(16-10-11-19(31-3)20(12-16)32-4)13-18(27-24(21)34-23)15-8-6-14(2)7-9-15/h6-13H,5H2,1-4H3. The molecule has 0 aliphatic heterocycles. The molecule has 0 bridgehead atoms. The molecule has 0 saturated carbocycles. The lowest BCUT2D eigenvalue weighted by molar-refractivity contribution is 0.0533. The van der Waals surface area contributed by atoms with E-state index in [0.29, 0.717) is 21.7 Å². The van der Waals surface area contributed by atoms with Gasteiger partial charge in [0.15, 0.2) is 11.5 Å². The van der Waals surface area contributed by atoms with Crippen molar-refractivity contribution in [2.75, 3.05) is 20.8 Å². The summed E-state index contributed by atoms with van der Waals surface area (Å²) in [6.45, 7) is 3.95. The molecule has 0 spiro atoms. The van der Waals surface area contributed by atoms with Crippen molar-refractivity contribution >= 4 is 33.2 Å². The summed E-state index contributed by atoms with van der Waals surface area (Å²) in [7, 11) is 3.14. The maximum atomic E-state index is 12.7. The first-order valence-corrected chi connectivity index (χ1v) is 11.3. The molecule has 0 N–H and O–H groups in total. The van der Waals surface area contributed by atoms with Crippen LogP contribution in [-0.2, 0) is 4.74 Å². The van der Waals surface area contributed by atoms with Crippen LogP contribution in [0.4, 0.5) is 5.69 Å². The normalized spacial score (nSPS) is 10.6. The Labute approximate surface area is 200 Å². The number of rotatable bonds is 7. The first-order chi connectivity index (χ1) is 16.5. The van der Waals surface area contributed by atoms with Gasteiger partial charge in [-0.2, -0.15) is 0 Å². The first kappa shape index (κ1) is 23.1. The van der Waals surface area contributed by atoms with Crippen molar-refractivity contribution in [3.63, 3.8) is 0 Å². The summed E-state index contributed by atoms with van der Waals surface area (Å²) in [5.41, 5.74) is 13.8. The SMILES string of the molecule is CCOC(=O)c1sc2nc(-c3ccc(C)cc3)cc(-c3ccc(OC)c(OC)c3)c2c1N=[N+]=[N-]. The minimum atomic E-state index is -0.553. The van der Waals surface area contributed by atoms with Gasteiger partial charge < -0.3 is 14.2 Å². The molecular formula is C25H22N4O4S. The van der Waals surface area contributed by atoms with Crippen molar-refractivity contribution < 1.29 is 19.0 Å². The number of hydrogen-bond acceptors (Lipinski definition) is 7. The summed E-state index contributed by atoms with van der Waals surface area (Å²) in [6, 6.07) is 15.5. The zero-order chi connectivity index (χ0) is 24.2. The molecule has 9 heteroatoms. The second-order valence-electron chi connectivity index (χ2n) is 7.36. The van der Waals surface area contributed by atoms with Crippen LogP contribution in [0.2, 0.25) is 0 Å². The van der Waals surface area contributed by atoms with Gasteiger partial charge in [0.1, 0.15) is 9.71 Å². The molecule has 0 unspecified atom stereocenters. The predicted molar refractivity (Wildman–Crippen MR) is 133 cm³/mol. The van der Waals surface area contributed by atoms with Gasteiger partial charge in [-0.25, -0.2) is 9.78 Å². The molecule has 8 nitrogen and oxygen atoms in total. The van der Waals surface area contributed by atoms with Gasteiger partial charge in [-0.15, -0.1) is 11.3 Å². The summed E-state index contributed by atoms with van der Waals surface area (Å²) in [5.74, 6) is 0.583. The third kappa shape index (κ3) is 4.26. The van der Waals surface area contributed by atoms with E-state index < -0.39 is 5.97 Å². The number of aryl methyl sites for hydroxylation is 1. The zero-order valence-corrected chi connectivity index (χ0v) is 20.0. The van der Waals surface area contributed by atoms with Crippen LogP contribution in [0.3, 0.4) is 0 Å². The number of carbonyl (C=O) groups is 1. The fourth-order valence-corrected chi connectivity index (χ4v) is 4.69. The van der Waals surface area contributed by atoms with Gasteiger partial charge in [-0.05, 0) is 48.7 Å². The monoisotopic (exact) mass is 474 g/mol. The lowest BCUT2D eigenvalue weighted by Crippen LogP contribution is -2.02. The van der Waals surface area contributed by atoms with Gasteiger partial charge in [0, 0.05) is 15.9 Å². The maximum absolute atomic E-state index is 12.7. The molecule has 0 saturated heterocycles. The summed E-state index contributed by atoms with van der Waals surface area (Å²) >= 11 is 1.14. The molecule has 34 heavy (non-hydrogen) atoms. The number of nitrogens with zero attached hydrogens (tertiary/aromatic N) is 4. The van der Waals surface area contributed by atoms with Gasteiger partial charge in [0.05, 0.1) is 32.2 Å². The van der Waals surface area contributed by atoms with Crippen molar-refractivity contribution in [2.45, 2.75) is 13.8 Å². The van der Waals surface area contributed by atoms with Gasteiger partial charge in [-0.3, -0.25) is 0 Å². The maximum Gasteiger partial charge on any atom is 0.348 e. The highest BCUT2D eigenvalue weighted by Gasteiger charge is 2.24. The van der Waals surface area contributed by atoms with Gasteiger partial charge in [0.25, 0.3) is 0 Å². The number of benzene rings is 2. The Bertz CT molecular complexity index is 1420. The summed E-state index contributed by atoms with van der Waals surface area (Å²) in [5, 5.41) is 4.45. The molecule has 0 amide bonds. The Morgan fingerprint density at radius 1 is 1.06 bits per heavy atom. The van der Waals surface area contributed by atoms with Crippen LogP contribution in [0.1, 0.15) is 22.2 Å². The summed E-state index contributed by atoms with van der Waals surface area (Å²) in [6.07, 6.45) is 0. The number of ether oxygens (including phenoxy) is 3. The van der Waals surface area contributed by atoms with E-state index >= 15 is 0 Å². The van der Waals surface area contributed by atoms with E-state index in [0.717, 1.165) is 39.3 Å². The fourth-order valence-electron chi connectivity index (χ4n) is 3.66. The number of esters is 1. The molecule has 0 fully saturated rings. The van der Waals surface area contributed by atoms with Crippen LogP contribution in [0.5, 0.6) is 11.5 Å². The highest BCUT2D eigenvalue weighted by Crippen LogP contribution is 2.45. The van der Waals surface area contributed by atoms with Crippen molar-refractivity contribution in [3.8, 4) is 33.9 Å². The third-order valence-electron chi connectivity index (χ3n) is 5.28. The number of methoxy groups -OCH3 is 2. The third-order valence-corrected chi connectivity index (χ3v) is 6.34. The Hall–Kier alpha value is -4.07. The number of fused-ring (bicyclic) bond motifs is 1. The topological polar surface area (TPSA) is 106 Å².